The molecule has 4 rings (SSSR count). The fourth-order valence-corrected chi connectivity index (χ4v) is 4.18. The SMILES string of the molecule is Cn1c(=O)c2c(nc(N3CCC(C(N)=O)CC3)n2Cc2ccccc2Cl)n(C)c1=O. The number of aromatic nitrogens is 4. The number of carbonyl (C=O) groups is 1. The molecule has 10 heteroatoms. The van der Waals surface area contributed by atoms with Crippen molar-refractivity contribution >= 4 is 34.6 Å². The molecule has 9 nitrogen and oxygen atoms in total. The van der Waals surface area contributed by atoms with Crippen LogP contribution in [0.1, 0.15) is 18.4 Å². The smallest absolute Gasteiger partial charge is 0.332 e. The molecule has 158 valence electrons. The molecule has 30 heavy (non-hydrogen) atoms. The summed E-state index contributed by atoms with van der Waals surface area (Å²) < 4.78 is 4.26. The second-order valence-electron chi connectivity index (χ2n) is 7.63. The molecule has 0 bridgehead atoms. The Balaban J connectivity index is 1.89. The van der Waals surface area contributed by atoms with Crippen molar-refractivity contribution in [1.29, 1.82) is 0 Å². The van der Waals surface area contributed by atoms with Gasteiger partial charge in [0.15, 0.2) is 11.2 Å². The third kappa shape index (κ3) is 3.28. The average Bonchev–Trinajstić information content (AvgIpc) is 3.11. The highest BCUT2D eigenvalue weighted by atomic mass is 35.5. The lowest BCUT2D eigenvalue weighted by Crippen LogP contribution is -2.40. The van der Waals surface area contributed by atoms with Crippen LogP contribution in [-0.4, -0.2) is 37.7 Å². The Hall–Kier alpha value is -3.07. The minimum atomic E-state index is -0.436. The number of hydrogen-bond donors (Lipinski definition) is 1. The van der Waals surface area contributed by atoms with Gasteiger partial charge in [-0.3, -0.25) is 23.3 Å². The summed E-state index contributed by atoms with van der Waals surface area (Å²) in [5.74, 6) is 0.112. The van der Waals surface area contributed by atoms with E-state index in [0.29, 0.717) is 54.6 Å². The summed E-state index contributed by atoms with van der Waals surface area (Å²) in [5, 5.41) is 0.583. The largest absolute Gasteiger partial charge is 0.369 e. The summed E-state index contributed by atoms with van der Waals surface area (Å²) in [5.41, 5.74) is 6.11. The lowest BCUT2D eigenvalue weighted by Gasteiger charge is -2.31. The molecule has 2 aromatic heterocycles. The topological polar surface area (TPSA) is 108 Å². The normalized spacial score (nSPS) is 15.1. The van der Waals surface area contributed by atoms with E-state index >= 15 is 0 Å². The predicted octanol–water partition coefficient (Wildman–Crippen LogP) is 0.837. The van der Waals surface area contributed by atoms with Gasteiger partial charge < -0.3 is 10.6 Å². The monoisotopic (exact) mass is 430 g/mol. The highest BCUT2D eigenvalue weighted by Gasteiger charge is 2.28. The first-order chi connectivity index (χ1) is 14.3. The number of carbonyl (C=O) groups excluding carboxylic acids is 1. The molecule has 0 aliphatic carbocycles. The molecular formula is C20H23ClN6O3. The van der Waals surface area contributed by atoms with Crippen molar-refractivity contribution in [2.24, 2.45) is 25.7 Å². The molecule has 0 unspecified atom stereocenters. The maximum Gasteiger partial charge on any atom is 0.332 e. The summed E-state index contributed by atoms with van der Waals surface area (Å²) in [6.45, 7) is 1.48. The molecule has 3 heterocycles. The van der Waals surface area contributed by atoms with Gasteiger partial charge >= 0.3 is 5.69 Å². The van der Waals surface area contributed by atoms with Crippen LogP contribution in [0, 0.1) is 5.92 Å². The first kappa shape index (κ1) is 20.2. The van der Waals surface area contributed by atoms with E-state index in [1.165, 1.54) is 11.6 Å². The Labute approximate surface area is 177 Å². The number of imidazole rings is 1. The van der Waals surface area contributed by atoms with Gasteiger partial charge in [-0.1, -0.05) is 29.8 Å². The number of benzene rings is 1. The Morgan fingerprint density at radius 2 is 1.83 bits per heavy atom. The second kappa shape index (κ2) is 7.64. The van der Waals surface area contributed by atoms with Crippen LogP contribution in [0.15, 0.2) is 33.9 Å². The van der Waals surface area contributed by atoms with Gasteiger partial charge in [0.1, 0.15) is 0 Å². The maximum absolute atomic E-state index is 13.0. The van der Waals surface area contributed by atoms with E-state index in [0.717, 1.165) is 10.1 Å². The molecular weight excluding hydrogens is 408 g/mol. The molecule has 1 aliphatic rings. The van der Waals surface area contributed by atoms with Crippen LogP contribution in [0.3, 0.4) is 0 Å². The molecule has 0 radical (unpaired) electrons. The zero-order chi connectivity index (χ0) is 21.6. The molecule has 1 amide bonds. The van der Waals surface area contributed by atoms with Crippen molar-refractivity contribution in [3.8, 4) is 0 Å². The molecule has 1 saturated heterocycles. The molecule has 1 fully saturated rings. The van der Waals surface area contributed by atoms with E-state index in [2.05, 4.69) is 4.98 Å². The molecule has 0 atom stereocenters. The van der Waals surface area contributed by atoms with Crippen LogP contribution in [0.4, 0.5) is 5.95 Å². The van der Waals surface area contributed by atoms with Crippen molar-refractivity contribution in [2.45, 2.75) is 19.4 Å². The number of primary amides is 1. The molecule has 2 N–H and O–H groups in total. The minimum Gasteiger partial charge on any atom is -0.369 e. The van der Waals surface area contributed by atoms with Crippen molar-refractivity contribution < 1.29 is 4.79 Å². The molecule has 0 saturated carbocycles. The van der Waals surface area contributed by atoms with Crippen molar-refractivity contribution in [1.82, 2.24) is 18.7 Å². The van der Waals surface area contributed by atoms with Gasteiger partial charge in [-0.15, -0.1) is 0 Å². The van der Waals surface area contributed by atoms with Crippen molar-refractivity contribution in [3.05, 3.63) is 55.7 Å². The number of anilines is 1. The van der Waals surface area contributed by atoms with Gasteiger partial charge in [-0.2, -0.15) is 4.98 Å². The van der Waals surface area contributed by atoms with Crippen LogP contribution in [0.25, 0.3) is 11.2 Å². The fraction of sp³-hybridized carbons (Fsp3) is 0.400. The average molecular weight is 431 g/mol. The molecule has 3 aromatic rings. The quantitative estimate of drug-likeness (QED) is 0.659. The van der Waals surface area contributed by atoms with E-state index in [-0.39, 0.29) is 11.8 Å². The van der Waals surface area contributed by atoms with Crippen LogP contribution < -0.4 is 21.9 Å². The van der Waals surface area contributed by atoms with E-state index in [1.54, 1.807) is 13.1 Å². The van der Waals surface area contributed by atoms with Crippen molar-refractivity contribution in [2.75, 3.05) is 18.0 Å². The van der Waals surface area contributed by atoms with Gasteiger partial charge in [0.2, 0.25) is 11.9 Å². The second-order valence-corrected chi connectivity index (χ2v) is 8.04. The lowest BCUT2D eigenvalue weighted by molar-refractivity contribution is -0.122. The number of rotatable bonds is 4. The summed E-state index contributed by atoms with van der Waals surface area (Å²) in [6, 6.07) is 7.41. The van der Waals surface area contributed by atoms with Gasteiger partial charge in [0.25, 0.3) is 5.56 Å². The van der Waals surface area contributed by atoms with Crippen LogP contribution >= 0.6 is 11.6 Å². The predicted molar refractivity (Wildman–Crippen MR) is 115 cm³/mol. The van der Waals surface area contributed by atoms with Gasteiger partial charge in [0.05, 0.1) is 6.54 Å². The summed E-state index contributed by atoms with van der Waals surface area (Å²) in [4.78, 5) is 43.7. The van der Waals surface area contributed by atoms with E-state index < -0.39 is 11.2 Å². The van der Waals surface area contributed by atoms with Crippen LogP contribution in [-0.2, 0) is 25.4 Å². The minimum absolute atomic E-state index is 0.167. The van der Waals surface area contributed by atoms with E-state index in [9.17, 15) is 14.4 Å². The Kier molecular flexibility index (Phi) is 5.15. The van der Waals surface area contributed by atoms with Crippen molar-refractivity contribution in [3.63, 3.8) is 0 Å². The molecule has 1 aliphatic heterocycles. The van der Waals surface area contributed by atoms with E-state index in [1.807, 2.05) is 27.7 Å². The number of hydrogen-bond acceptors (Lipinski definition) is 5. The van der Waals surface area contributed by atoms with Crippen LogP contribution in [0.2, 0.25) is 5.02 Å². The zero-order valence-corrected chi connectivity index (χ0v) is 17.6. The summed E-state index contributed by atoms with van der Waals surface area (Å²) >= 11 is 6.37. The lowest BCUT2D eigenvalue weighted by atomic mass is 9.96. The number of nitrogens with two attached hydrogens (primary N) is 1. The Morgan fingerprint density at radius 1 is 1.17 bits per heavy atom. The first-order valence-electron chi connectivity index (χ1n) is 9.73. The standard InChI is InChI=1S/C20H23ClN6O3/c1-24-17-15(18(29)25(2)20(24)30)27(11-13-5-3-4-6-14(13)21)19(23-17)26-9-7-12(8-10-26)16(22)28/h3-6,12H,7-11H2,1-2H3,(H2,22,28). The number of amides is 1. The van der Waals surface area contributed by atoms with Gasteiger partial charge in [-0.25, -0.2) is 4.79 Å². The summed E-state index contributed by atoms with van der Waals surface area (Å²) in [6.07, 6.45) is 1.23. The molecule has 0 spiro atoms. The highest BCUT2D eigenvalue weighted by Crippen LogP contribution is 2.27. The van der Waals surface area contributed by atoms with Gasteiger partial charge in [-0.05, 0) is 24.5 Å². The number of halogens is 1. The zero-order valence-electron chi connectivity index (χ0n) is 16.8. The number of piperidine rings is 1. The first-order valence-corrected chi connectivity index (χ1v) is 10.1. The van der Waals surface area contributed by atoms with Crippen LogP contribution in [0.5, 0.6) is 0 Å². The fourth-order valence-electron chi connectivity index (χ4n) is 3.99. The Morgan fingerprint density at radius 3 is 2.47 bits per heavy atom. The summed E-state index contributed by atoms with van der Waals surface area (Å²) in [7, 11) is 3.05. The third-order valence-electron chi connectivity index (χ3n) is 5.79. The third-order valence-corrected chi connectivity index (χ3v) is 6.16. The number of nitrogens with zero attached hydrogens (tertiary/aromatic N) is 5. The van der Waals surface area contributed by atoms with Gasteiger partial charge in [0, 0.05) is 38.1 Å². The van der Waals surface area contributed by atoms with E-state index in [4.69, 9.17) is 17.3 Å². The highest BCUT2D eigenvalue weighted by molar-refractivity contribution is 6.31. The number of aryl methyl sites for hydroxylation is 1. The number of fused-ring (bicyclic) bond motifs is 1. The Bertz CT molecular complexity index is 1250. The maximum atomic E-state index is 13.0. The molecule has 1 aromatic carbocycles.